The summed E-state index contributed by atoms with van der Waals surface area (Å²) in [7, 11) is 0. The van der Waals surface area contributed by atoms with Gasteiger partial charge in [-0.1, -0.05) is 0 Å². The maximum atomic E-state index is 11.8. The molecule has 0 saturated heterocycles. The van der Waals surface area contributed by atoms with E-state index in [4.69, 9.17) is 9.47 Å². The molecule has 7 heteroatoms. The van der Waals surface area contributed by atoms with Gasteiger partial charge < -0.3 is 14.8 Å². The van der Waals surface area contributed by atoms with E-state index in [2.05, 4.69) is 0 Å². The molecule has 0 aromatic heterocycles. The molecule has 15 heavy (non-hydrogen) atoms. The molecule has 0 aliphatic heterocycles. The minimum absolute atomic E-state index is 0.298. The highest BCUT2D eigenvalue weighted by atomic mass is 19.4. The number of carbonyl (C=O) groups excluding carboxylic acids is 1. The molecule has 0 unspecified atom stereocenters. The molecule has 0 bridgehead atoms. The van der Waals surface area contributed by atoms with Gasteiger partial charge >= 0.3 is 12.1 Å². The second kappa shape index (κ2) is 6.62. The van der Waals surface area contributed by atoms with Crippen LogP contribution >= 0.6 is 0 Å². The topological polar surface area (TPSA) is 47.6 Å². The van der Waals surface area contributed by atoms with Crippen LogP contribution in [0.15, 0.2) is 0 Å². The molecule has 0 heterocycles. The standard InChI is InChI=1S/C8H14F3NO3/c1-3-14-6(15-4-2)5-12-7(13)8(9,10)11/h6H,3-5H2,1-2H3,(H,12,13). The van der Waals surface area contributed by atoms with E-state index < -0.39 is 18.4 Å². The van der Waals surface area contributed by atoms with E-state index in [0.29, 0.717) is 13.2 Å². The minimum atomic E-state index is -4.87. The molecule has 0 rings (SSSR count). The summed E-state index contributed by atoms with van der Waals surface area (Å²) in [5.74, 6) is -1.99. The van der Waals surface area contributed by atoms with Crippen LogP contribution in [0.5, 0.6) is 0 Å². The zero-order valence-corrected chi connectivity index (χ0v) is 8.56. The average molecular weight is 229 g/mol. The third-order valence-corrected chi connectivity index (χ3v) is 1.39. The fourth-order valence-electron chi connectivity index (χ4n) is 0.814. The third kappa shape index (κ3) is 6.29. The van der Waals surface area contributed by atoms with E-state index in [9.17, 15) is 18.0 Å². The smallest absolute Gasteiger partial charge is 0.351 e. The first-order valence-electron chi connectivity index (χ1n) is 4.50. The lowest BCUT2D eigenvalue weighted by Gasteiger charge is -2.17. The van der Waals surface area contributed by atoms with Gasteiger partial charge in [0, 0.05) is 13.2 Å². The Morgan fingerprint density at radius 3 is 2.07 bits per heavy atom. The summed E-state index contributed by atoms with van der Waals surface area (Å²) in [6.07, 6.45) is -5.71. The highest BCUT2D eigenvalue weighted by Crippen LogP contribution is 2.13. The number of alkyl halides is 3. The SMILES string of the molecule is CCOC(CNC(=O)C(F)(F)F)OCC. The van der Waals surface area contributed by atoms with Gasteiger partial charge in [0.15, 0.2) is 6.29 Å². The van der Waals surface area contributed by atoms with Gasteiger partial charge in [-0.25, -0.2) is 0 Å². The molecule has 0 aliphatic carbocycles. The Labute approximate surface area is 85.7 Å². The van der Waals surface area contributed by atoms with Crippen molar-refractivity contribution in [2.45, 2.75) is 26.3 Å². The van der Waals surface area contributed by atoms with Gasteiger partial charge in [-0.05, 0) is 13.8 Å². The lowest BCUT2D eigenvalue weighted by atomic mass is 10.5. The molecule has 0 fully saturated rings. The largest absolute Gasteiger partial charge is 0.471 e. The molecule has 1 amide bonds. The number of hydrogen-bond acceptors (Lipinski definition) is 3. The number of nitrogens with one attached hydrogen (secondary N) is 1. The number of hydrogen-bond donors (Lipinski definition) is 1. The molecule has 90 valence electrons. The number of ether oxygens (including phenoxy) is 2. The summed E-state index contributed by atoms with van der Waals surface area (Å²) >= 11 is 0. The molecule has 0 aromatic carbocycles. The molecular weight excluding hydrogens is 215 g/mol. The molecule has 0 saturated carbocycles. The summed E-state index contributed by atoms with van der Waals surface area (Å²) in [4.78, 5) is 10.4. The van der Waals surface area contributed by atoms with E-state index in [1.54, 1.807) is 19.2 Å². The van der Waals surface area contributed by atoms with Gasteiger partial charge in [-0.3, -0.25) is 4.79 Å². The normalized spacial score (nSPS) is 11.9. The van der Waals surface area contributed by atoms with Crippen LogP contribution in [0.4, 0.5) is 13.2 Å². The van der Waals surface area contributed by atoms with Crippen molar-refractivity contribution in [2.24, 2.45) is 0 Å². The van der Waals surface area contributed by atoms with Crippen LogP contribution in [0.25, 0.3) is 0 Å². The Balaban J connectivity index is 3.93. The van der Waals surface area contributed by atoms with Crippen LogP contribution in [0.2, 0.25) is 0 Å². The third-order valence-electron chi connectivity index (χ3n) is 1.39. The summed E-state index contributed by atoms with van der Waals surface area (Å²) in [5, 5.41) is 1.68. The first-order valence-corrected chi connectivity index (χ1v) is 4.50. The molecule has 4 nitrogen and oxygen atoms in total. The van der Waals surface area contributed by atoms with Gasteiger partial charge in [-0.15, -0.1) is 0 Å². The van der Waals surface area contributed by atoms with E-state index in [1.807, 2.05) is 0 Å². The Morgan fingerprint density at radius 2 is 1.73 bits per heavy atom. The second-order valence-electron chi connectivity index (χ2n) is 2.55. The molecule has 0 aromatic rings. The summed E-state index contributed by atoms with van der Waals surface area (Å²) in [5.41, 5.74) is 0. The molecule has 0 radical (unpaired) electrons. The highest BCUT2D eigenvalue weighted by Gasteiger charge is 2.38. The number of rotatable bonds is 6. The van der Waals surface area contributed by atoms with Crippen LogP contribution in [0.1, 0.15) is 13.8 Å². The van der Waals surface area contributed by atoms with Crippen molar-refractivity contribution in [1.82, 2.24) is 5.32 Å². The first kappa shape index (κ1) is 14.2. The van der Waals surface area contributed by atoms with Crippen molar-refractivity contribution < 1.29 is 27.4 Å². The predicted molar refractivity (Wildman–Crippen MR) is 46.1 cm³/mol. The monoisotopic (exact) mass is 229 g/mol. The summed E-state index contributed by atoms with van der Waals surface area (Å²) in [6.45, 7) is 3.63. The van der Waals surface area contributed by atoms with Crippen LogP contribution in [0.3, 0.4) is 0 Å². The van der Waals surface area contributed by atoms with Crippen LogP contribution < -0.4 is 5.32 Å². The number of carbonyl (C=O) groups is 1. The fraction of sp³-hybridized carbons (Fsp3) is 0.875. The van der Waals surface area contributed by atoms with Crippen molar-refractivity contribution in [3.63, 3.8) is 0 Å². The maximum Gasteiger partial charge on any atom is 0.471 e. The van der Waals surface area contributed by atoms with E-state index >= 15 is 0 Å². The Morgan fingerprint density at radius 1 is 1.27 bits per heavy atom. The van der Waals surface area contributed by atoms with Gasteiger partial charge in [0.25, 0.3) is 0 Å². The van der Waals surface area contributed by atoms with Crippen LogP contribution in [-0.4, -0.2) is 38.1 Å². The number of amides is 1. The molecule has 0 aliphatic rings. The van der Waals surface area contributed by atoms with Crippen LogP contribution in [0, 0.1) is 0 Å². The molecule has 0 atom stereocenters. The van der Waals surface area contributed by atoms with E-state index in [0.717, 1.165) is 0 Å². The van der Waals surface area contributed by atoms with Gasteiger partial charge in [-0.2, -0.15) is 13.2 Å². The molecule has 1 N–H and O–H groups in total. The Kier molecular flexibility index (Phi) is 6.26. The zero-order valence-electron chi connectivity index (χ0n) is 8.56. The first-order chi connectivity index (χ1) is 6.91. The second-order valence-corrected chi connectivity index (χ2v) is 2.55. The Bertz CT molecular complexity index is 190. The zero-order chi connectivity index (χ0) is 11.9. The van der Waals surface area contributed by atoms with Crippen molar-refractivity contribution >= 4 is 5.91 Å². The van der Waals surface area contributed by atoms with Crippen molar-refractivity contribution in [1.29, 1.82) is 0 Å². The van der Waals surface area contributed by atoms with E-state index in [-0.39, 0.29) is 6.54 Å². The predicted octanol–water partition coefficient (Wildman–Crippen LogP) is 1.06. The molecule has 0 spiro atoms. The molecular formula is C8H14F3NO3. The lowest BCUT2D eigenvalue weighted by Crippen LogP contribution is -2.42. The minimum Gasteiger partial charge on any atom is -0.351 e. The van der Waals surface area contributed by atoms with Crippen LogP contribution in [-0.2, 0) is 14.3 Å². The quantitative estimate of drug-likeness (QED) is 0.693. The Hall–Kier alpha value is -0.820. The van der Waals surface area contributed by atoms with Gasteiger partial charge in [0.05, 0.1) is 6.54 Å². The van der Waals surface area contributed by atoms with Crippen molar-refractivity contribution in [3.05, 3.63) is 0 Å². The van der Waals surface area contributed by atoms with Crippen molar-refractivity contribution in [2.75, 3.05) is 19.8 Å². The lowest BCUT2D eigenvalue weighted by molar-refractivity contribution is -0.178. The average Bonchev–Trinajstić information content (AvgIpc) is 2.12. The van der Waals surface area contributed by atoms with Gasteiger partial charge in [0.2, 0.25) is 0 Å². The van der Waals surface area contributed by atoms with Crippen molar-refractivity contribution in [3.8, 4) is 0 Å². The highest BCUT2D eigenvalue weighted by molar-refractivity contribution is 5.81. The summed E-state index contributed by atoms with van der Waals surface area (Å²) < 4.78 is 45.2. The summed E-state index contributed by atoms with van der Waals surface area (Å²) in [6, 6.07) is 0. The van der Waals surface area contributed by atoms with Gasteiger partial charge in [0.1, 0.15) is 0 Å². The fourth-order valence-corrected chi connectivity index (χ4v) is 0.814. The van der Waals surface area contributed by atoms with E-state index in [1.165, 1.54) is 0 Å². The maximum absolute atomic E-state index is 11.8. The number of halogens is 3.